The monoisotopic (exact) mass is 482 g/mol. The van der Waals surface area contributed by atoms with Gasteiger partial charge in [0.05, 0.1) is 26.3 Å². The quantitative estimate of drug-likeness (QED) is 0.365. The van der Waals surface area contributed by atoms with Crippen molar-refractivity contribution in [2.75, 3.05) is 20.8 Å². The van der Waals surface area contributed by atoms with Crippen molar-refractivity contribution in [2.24, 2.45) is 0 Å². The maximum atomic E-state index is 13.1. The number of carbonyl (C=O) groups excluding carboxylic acids is 1. The predicted octanol–water partition coefficient (Wildman–Crippen LogP) is 3.69. The highest BCUT2D eigenvalue weighted by Crippen LogP contribution is 2.27. The molecule has 0 aliphatic heterocycles. The highest BCUT2D eigenvalue weighted by atomic mass is 16.5. The average molecular weight is 483 g/mol. The topological polar surface area (TPSA) is 86.9 Å². The first-order valence-corrected chi connectivity index (χ1v) is 11.6. The van der Waals surface area contributed by atoms with Crippen LogP contribution in [0.4, 0.5) is 0 Å². The van der Waals surface area contributed by atoms with E-state index in [0.29, 0.717) is 47.7 Å². The van der Waals surface area contributed by atoms with Crippen LogP contribution in [0.2, 0.25) is 0 Å². The van der Waals surface area contributed by atoms with E-state index in [9.17, 15) is 9.59 Å². The fourth-order valence-corrected chi connectivity index (χ4v) is 4.33. The summed E-state index contributed by atoms with van der Waals surface area (Å²) in [5, 5.41) is 2.95. The molecule has 0 radical (unpaired) electrons. The Morgan fingerprint density at radius 1 is 0.917 bits per heavy atom. The predicted molar refractivity (Wildman–Crippen MR) is 138 cm³/mol. The number of hydrogen-bond acceptors (Lipinski definition) is 5. The minimum Gasteiger partial charge on any atom is -0.493 e. The van der Waals surface area contributed by atoms with Gasteiger partial charge in [-0.3, -0.25) is 14.2 Å². The molecular formula is C28H26N4O4. The Balaban J connectivity index is 1.27. The zero-order valence-electron chi connectivity index (χ0n) is 20.1. The van der Waals surface area contributed by atoms with E-state index >= 15 is 0 Å². The van der Waals surface area contributed by atoms with E-state index in [1.54, 1.807) is 43.2 Å². The molecule has 3 heterocycles. The van der Waals surface area contributed by atoms with Crippen molar-refractivity contribution in [3.8, 4) is 11.5 Å². The van der Waals surface area contributed by atoms with Gasteiger partial charge in [0, 0.05) is 24.5 Å². The van der Waals surface area contributed by atoms with Gasteiger partial charge in [-0.2, -0.15) is 0 Å². The average Bonchev–Trinajstić information content (AvgIpc) is 3.42. The molecule has 8 nitrogen and oxygen atoms in total. The molecule has 0 saturated heterocycles. The number of nitrogens with zero attached hydrogens (tertiary/aromatic N) is 3. The van der Waals surface area contributed by atoms with E-state index in [2.05, 4.69) is 10.3 Å². The molecule has 2 aromatic carbocycles. The second kappa shape index (κ2) is 9.95. The van der Waals surface area contributed by atoms with E-state index in [1.165, 1.54) is 0 Å². The molecule has 0 fully saturated rings. The van der Waals surface area contributed by atoms with Crippen LogP contribution in [0.1, 0.15) is 21.5 Å². The van der Waals surface area contributed by atoms with Crippen molar-refractivity contribution < 1.29 is 14.3 Å². The van der Waals surface area contributed by atoms with Crippen molar-refractivity contribution in [3.05, 3.63) is 106 Å². The van der Waals surface area contributed by atoms with Gasteiger partial charge in [-0.15, -0.1) is 0 Å². The molecule has 1 N–H and O–H groups in total. The van der Waals surface area contributed by atoms with E-state index < -0.39 is 0 Å². The maximum Gasteiger partial charge on any atom is 0.276 e. The van der Waals surface area contributed by atoms with E-state index in [0.717, 1.165) is 16.6 Å². The van der Waals surface area contributed by atoms with Crippen LogP contribution in [-0.2, 0) is 13.0 Å². The first-order valence-electron chi connectivity index (χ1n) is 11.6. The lowest BCUT2D eigenvalue weighted by atomic mass is 10.1. The maximum absolute atomic E-state index is 13.1. The van der Waals surface area contributed by atoms with Gasteiger partial charge in [0.1, 0.15) is 5.52 Å². The summed E-state index contributed by atoms with van der Waals surface area (Å²) in [4.78, 5) is 30.2. The molecule has 0 saturated carbocycles. The number of benzene rings is 2. The molecule has 0 atom stereocenters. The zero-order valence-corrected chi connectivity index (χ0v) is 20.1. The minimum absolute atomic E-state index is 0.108. The third-order valence-electron chi connectivity index (χ3n) is 6.20. The molecular weight excluding hydrogens is 456 g/mol. The summed E-state index contributed by atoms with van der Waals surface area (Å²) in [6.07, 6.45) is 4.21. The van der Waals surface area contributed by atoms with Crippen LogP contribution < -0.4 is 20.3 Å². The summed E-state index contributed by atoms with van der Waals surface area (Å²) in [6, 6.07) is 20.5. The van der Waals surface area contributed by atoms with Crippen LogP contribution in [0.15, 0.2) is 83.9 Å². The highest BCUT2D eigenvalue weighted by molar-refractivity contribution is 5.94. The summed E-state index contributed by atoms with van der Waals surface area (Å²) in [7, 11) is 3.20. The summed E-state index contributed by atoms with van der Waals surface area (Å²) >= 11 is 0. The number of carbonyl (C=O) groups is 1. The van der Waals surface area contributed by atoms with Crippen LogP contribution in [0.25, 0.3) is 16.7 Å². The van der Waals surface area contributed by atoms with E-state index in [1.807, 2.05) is 59.1 Å². The van der Waals surface area contributed by atoms with Gasteiger partial charge >= 0.3 is 0 Å². The second-order valence-corrected chi connectivity index (χ2v) is 8.39. The number of pyridine rings is 1. The van der Waals surface area contributed by atoms with Crippen molar-refractivity contribution >= 4 is 22.6 Å². The fraction of sp³-hybridized carbons (Fsp3) is 0.179. The zero-order chi connectivity index (χ0) is 25.1. The summed E-state index contributed by atoms with van der Waals surface area (Å²) in [5.41, 5.74) is 4.47. The molecule has 3 aromatic heterocycles. The third kappa shape index (κ3) is 4.40. The van der Waals surface area contributed by atoms with E-state index in [4.69, 9.17) is 9.47 Å². The van der Waals surface area contributed by atoms with Crippen LogP contribution in [0.5, 0.6) is 11.5 Å². The Labute approximate surface area is 207 Å². The van der Waals surface area contributed by atoms with Gasteiger partial charge in [0.25, 0.3) is 11.5 Å². The Hall–Kier alpha value is -4.59. The lowest BCUT2D eigenvalue weighted by Gasteiger charge is -2.12. The number of hydrogen-bond donors (Lipinski definition) is 1. The number of methoxy groups -OCH3 is 2. The second-order valence-electron chi connectivity index (χ2n) is 8.39. The lowest BCUT2D eigenvalue weighted by Crippen LogP contribution is -2.26. The third-order valence-corrected chi connectivity index (χ3v) is 6.20. The number of rotatable bonds is 8. The van der Waals surface area contributed by atoms with E-state index in [-0.39, 0.29) is 11.5 Å². The first-order chi connectivity index (χ1) is 17.6. The SMILES string of the molecule is COc1ccc(CCNC(=O)c2ccc(Cn3c(=O)c4cccn4c4cccnc43)cc2)cc1OC. The Kier molecular flexibility index (Phi) is 6.40. The number of nitrogens with one attached hydrogen (secondary N) is 1. The van der Waals surface area contributed by atoms with Crippen LogP contribution >= 0.6 is 0 Å². The standard InChI is InChI=1S/C28H26N4O4/c1-35-24-12-9-19(17-25(24)36-2)13-15-30-27(33)21-10-7-20(8-11-21)18-32-26-22(5-3-14-29-26)31-16-4-6-23(31)28(32)34/h3-12,14,16-17H,13,15,18H2,1-2H3,(H,30,33). The molecule has 0 aliphatic rings. The van der Waals surface area contributed by atoms with Crippen molar-refractivity contribution in [1.82, 2.24) is 19.3 Å². The number of amides is 1. The molecule has 0 bridgehead atoms. The highest BCUT2D eigenvalue weighted by Gasteiger charge is 2.12. The van der Waals surface area contributed by atoms with Gasteiger partial charge in [0.2, 0.25) is 0 Å². The number of ether oxygens (including phenoxy) is 2. The normalized spacial score (nSPS) is 11.1. The largest absolute Gasteiger partial charge is 0.493 e. The first kappa shape index (κ1) is 23.2. The smallest absolute Gasteiger partial charge is 0.276 e. The Morgan fingerprint density at radius 3 is 2.44 bits per heavy atom. The molecule has 182 valence electrons. The van der Waals surface area contributed by atoms with Crippen molar-refractivity contribution in [1.29, 1.82) is 0 Å². The molecule has 5 rings (SSSR count). The van der Waals surface area contributed by atoms with Gasteiger partial charge < -0.3 is 19.2 Å². The Morgan fingerprint density at radius 2 is 1.67 bits per heavy atom. The van der Waals surface area contributed by atoms with Crippen LogP contribution in [0.3, 0.4) is 0 Å². The lowest BCUT2D eigenvalue weighted by molar-refractivity contribution is 0.0954. The van der Waals surface area contributed by atoms with Gasteiger partial charge in [-0.25, -0.2) is 4.98 Å². The van der Waals surface area contributed by atoms with Crippen molar-refractivity contribution in [2.45, 2.75) is 13.0 Å². The number of aromatic nitrogens is 3. The molecule has 0 aliphatic carbocycles. The molecule has 8 heteroatoms. The molecule has 36 heavy (non-hydrogen) atoms. The Bertz CT molecular complexity index is 1600. The molecule has 1 amide bonds. The molecule has 0 spiro atoms. The molecule has 5 aromatic rings. The number of fused-ring (bicyclic) bond motifs is 3. The summed E-state index contributed by atoms with van der Waals surface area (Å²) in [5.74, 6) is 1.18. The molecule has 0 unspecified atom stereocenters. The van der Waals surface area contributed by atoms with Crippen LogP contribution in [0, 0.1) is 0 Å². The van der Waals surface area contributed by atoms with Crippen LogP contribution in [-0.4, -0.2) is 40.6 Å². The van der Waals surface area contributed by atoms with Gasteiger partial charge in [-0.1, -0.05) is 18.2 Å². The van der Waals surface area contributed by atoms with Gasteiger partial charge in [-0.05, 0) is 66.1 Å². The summed E-state index contributed by atoms with van der Waals surface area (Å²) < 4.78 is 14.1. The fourth-order valence-electron chi connectivity index (χ4n) is 4.33. The van der Waals surface area contributed by atoms with Gasteiger partial charge in [0.15, 0.2) is 17.1 Å². The van der Waals surface area contributed by atoms with Crippen molar-refractivity contribution in [3.63, 3.8) is 0 Å². The summed E-state index contributed by atoms with van der Waals surface area (Å²) in [6.45, 7) is 0.843. The minimum atomic E-state index is -0.152.